The Bertz CT molecular complexity index is 1920. The monoisotopic (exact) mass is 745 g/mol. The fraction of sp³-hybridized carbons (Fsp3) is 0.400. The third-order valence-corrected chi connectivity index (χ3v) is 10.9. The van der Waals surface area contributed by atoms with Crippen LogP contribution >= 0.6 is 11.3 Å². The normalized spacial score (nSPS) is 18.0. The molecule has 2 fully saturated rings. The predicted octanol–water partition coefficient (Wildman–Crippen LogP) is 4.68. The Balaban J connectivity index is 1.22. The van der Waals surface area contributed by atoms with Crippen LogP contribution in [0, 0.1) is 0 Å². The number of thiazole rings is 1. The summed E-state index contributed by atoms with van der Waals surface area (Å²) in [6.45, 7) is 2.14. The van der Waals surface area contributed by atoms with Crippen molar-refractivity contribution >= 4 is 42.7 Å². The number of nitrogens with one attached hydrogen (secondary N) is 1. The first-order chi connectivity index (χ1) is 23.6. The number of sulfonamides is 1. The van der Waals surface area contributed by atoms with E-state index < -0.39 is 46.2 Å². The van der Waals surface area contributed by atoms with Gasteiger partial charge in [0.15, 0.2) is 10.8 Å². The second kappa shape index (κ2) is 14.2. The van der Waals surface area contributed by atoms with E-state index in [9.17, 15) is 39.6 Å². The average molecular weight is 746 g/mol. The summed E-state index contributed by atoms with van der Waals surface area (Å²) in [5, 5.41) is 3.12. The van der Waals surface area contributed by atoms with Crippen molar-refractivity contribution in [3.8, 4) is 11.5 Å². The zero-order chi connectivity index (χ0) is 35.7. The summed E-state index contributed by atoms with van der Waals surface area (Å²) < 4.78 is 113. The number of hydrogen-bond acceptors (Lipinski definition) is 11. The van der Waals surface area contributed by atoms with Gasteiger partial charge >= 0.3 is 12.7 Å². The van der Waals surface area contributed by atoms with E-state index in [1.807, 2.05) is 0 Å². The van der Waals surface area contributed by atoms with Crippen molar-refractivity contribution in [3.63, 3.8) is 0 Å². The van der Waals surface area contributed by atoms with Gasteiger partial charge in [-0.2, -0.15) is 9.29 Å². The maximum Gasteiger partial charge on any atom is 0.573 e. The quantitative estimate of drug-likeness (QED) is 0.229. The van der Waals surface area contributed by atoms with Crippen LogP contribution < -0.4 is 19.7 Å². The molecule has 4 aromatic rings. The Kier molecular flexibility index (Phi) is 10.1. The van der Waals surface area contributed by atoms with Gasteiger partial charge in [-0.05, 0) is 67.9 Å². The molecule has 0 unspecified atom stereocenters. The lowest BCUT2D eigenvalue weighted by molar-refractivity contribution is -0.275. The Hall–Kier alpha value is -4.27. The number of amides is 1. The first-order valence-corrected chi connectivity index (χ1v) is 17.5. The fourth-order valence-corrected chi connectivity index (χ4v) is 8.10. The third-order valence-electron chi connectivity index (χ3n) is 7.94. The second-order valence-corrected chi connectivity index (χ2v) is 14.4. The van der Waals surface area contributed by atoms with Crippen LogP contribution in [0.5, 0.6) is 11.5 Å². The summed E-state index contributed by atoms with van der Waals surface area (Å²) in [4.78, 5) is 31.0. The highest BCUT2D eigenvalue weighted by molar-refractivity contribution is 7.89. The van der Waals surface area contributed by atoms with E-state index in [-0.39, 0.29) is 31.1 Å². The summed E-state index contributed by atoms with van der Waals surface area (Å²) in [7, 11) is -4.43. The van der Waals surface area contributed by atoms with Crippen molar-refractivity contribution in [2.75, 3.05) is 37.6 Å². The maximum atomic E-state index is 13.8. The molecule has 20 heteroatoms. The minimum absolute atomic E-state index is 0.118. The van der Waals surface area contributed by atoms with Gasteiger partial charge in [0.2, 0.25) is 15.9 Å². The van der Waals surface area contributed by atoms with Gasteiger partial charge in [0.1, 0.15) is 23.4 Å². The number of carbonyl (C=O) groups is 1. The first-order valence-electron chi connectivity index (χ1n) is 15.2. The molecule has 2 aromatic heterocycles. The minimum Gasteiger partial charge on any atom is -0.406 e. The number of likely N-dealkylation sites (tertiary alicyclic amines) is 1. The van der Waals surface area contributed by atoms with Gasteiger partial charge in [0, 0.05) is 26.2 Å². The molecule has 0 aliphatic carbocycles. The molecule has 12 nitrogen and oxygen atoms in total. The molecular formula is C30H29F6N7O5S2. The molecule has 2 aliphatic heterocycles. The number of hydrogen-bond donors (Lipinski definition) is 1. The Morgan fingerprint density at radius 1 is 0.880 bits per heavy atom. The summed E-state index contributed by atoms with van der Waals surface area (Å²) in [5.41, 5.74) is 0.869. The van der Waals surface area contributed by atoms with Crippen LogP contribution in [-0.2, 0) is 27.9 Å². The third kappa shape index (κ3) is 8.71. The van der Waals surface area contributed by atoms with E-state index in [4.69, 9.17) is 0 Å². The second-order valence-electron chi connectivity index (χ2n) is 11.5. The van der Waals surface area contributed by atoms with E-state index in [0.717, 1.165) is 66.6 Å². The largest absolute Gasteiger partial charge is 0.573 e. The number of anilines is 1. The van der Waals surface area contributed by atoms with E-state index in [1.165, 1.54) is 23.5 Å². The Morgan fingerprint density at radius 2 is 1.50 bits per heavy atom. The number of fused-ring (bicyclic) bond motifs is 1. The van der Waals surface area contributed by atoms with Gasteiger partial charge < -0.3 is 19.7 Å². The van der Waals surface area contributed by atoms with Crippen LogP contribution in [0.1, 0.15) is 24.2 Å². The first kappa shape index (κ1) is 35.6. The van der Waals surface area contributed by atoms with Gasteiger partial charge in [-0.1, -0.05) is 23.5 Å². The molecule has 0 saturated carbocycles. The Labute approximate surface area is 285 Å². The smallest absolute Gasteiger partial charge is 0.406 e. The number of piperazine rings is 1. The number of nitrogens with zero attached hydrogens (tertiary/aromatic N) is 6. The van der Waals surface area contributed by atoms with Crippen LogP contribution in [0.15, 0.2) is 59.6 Å². The molecule has 2 saturated heterocycles. The number of rotatable bonds is 10. The van der Waals surface area contributed by atoms with E-state index >= 15 is 0 Å². The van der Waals surface area contributed by atoms with E-state index in [0.29, 0.717) is 33.4 Å². The Morgan fingerprint density at radius 3 is 2.12 bits per heavy atom. The van der Waals surface area contributed by atoms with Crippen LogP contribution in [0.2, 0.25) is 0 Å². The van der Waals surface area contributed by atoms with Crippen LogP contribution in [-0.4, -0.2) is 90.0 Å². The number of ether oxygens (including phenoxy) is 2. The molecule has 0 bridgehead atoms. The fourth-order valence-electron chi connectivity index (χ4n) is 5.62. The number of alkyl halides is 6. The zero-order valence-corrected chi connectivity index (χ0v) is 27.6. The molecule has 6 rings (SSSR count). The SMILES string of the molecule is O=C(NCc1ccc(OC(F)(F)F)cc1)[C@H]1CN(c2nc3nc(CN4CCCC4)ncc3s2)CCN1S(=O)(=O)c1ccc(OC(F)(F)F)cc1. The maximum absolute atomic E-state index is 13.8. The molecular weight excluding hydrogens is 716 g/mol. The van der Waals surface area contributed by atoms with Crippen LogP contribution in [0.3, 0.4) is 0 Å². The molecule has 0 spiro atoms. The van der Waals surface area contributed by atoms with Gasteiger partial charge in [-0.25, -0.2) is 18.4 Å². The lowest BCUT2D eigenvalue weighted by Crippen LogP contribution is -2.60. The molecule has 1 N–H and O–H groups in total. The molecule has 4 heterocycles. The number of carbonyl (C=O) groups excluding carboxylic acids is 1. The topological polar surface area (TPSA) is 130 Å². The lowest BCUT2D eigenvalue weighted by atomic mass is 10.1. The number of halogens is 6. The standard InChI is InChI=1S/C30H29F6N7O5S2/c31-29(32,33)47-20-5-3-19(4-6-20)15-38-27(44)23-17-42(28-40-26-24(49-28)16-37-25(39-26)18-41-11-1-2-12-41)13-14-43(23)50(45,46)22-9-7-21(8-10-22)48-30(34,35)36/h3-10,16,23H,1-2,11-15,17-18H2,(H,38,44)/t23-/m1/s1. The minimum atomic E-state index is -4.98. The summed E-state index contributed by atoms with van der Waals surface area (Å²) in [6, 6.07) is 7.07. The van der Waals surface area contributed by atoms with Crippen molar-refractivity contribution in [2.45, 2.75) is 49.6 Å². The van der Waals surface area contributed by atoms with Crippen molar-refractivity contribution in [1.29, 1.82) is 0 Å². The van der Waals surface area contributed by atoms with Crippen LogP contribution in [0.4, 0.5) is 31.5 Å². The van der Waals surface area contributed by atoms with Crippen LogP contribution in [0.25, 0.3) is 10.3 Å². The van der Waals surface area contributed by atoms with E-state index in [1.54, 1.807) is 11.1 Å². The highest BCUT2D eigenvalue weighted by atomic mass is 32.2. The summed E-state index contributed by atoms with van der Waals surface area (Å²) >= 11 is 1.27. The molecule has 1 atom stereocenters. The molecule has 268 valence electrons. The molecule has 50 heavy (non-hydrogen) atoms. The highest BCUT2D eigenvalue weighted by Crippen LogP contribution is 2.32. The zero-order valence-electron chi connectivity index (χ0n) is 25.9. The highest BCUT2D eigenvalue weighted by Gasteiger charge is 2.41. The molecule has 1 amide bonds. The van der Waals surface area contributed by atoms with Crippen molar-refractivity contribution in [3.05, 3.63) is 66.1 Å². The average Bonchev–Trinajstić information content (AvgIpc) is 3.73. The van der Waals surface area contributed by atoms with Gasteiger partial charge in [-0.15, -0.1) is 26.3 Å². The van der Waals surface area contributed by atoms with Gasteiger partial charge in [0.25, 0.3) is 0 Å². The van der Waals surface area contributed by atoms with Crippen molar-refractivity contribution in [2.24, 2.45) is 0 Å². The summed E-state index contributed by atoms with van der Waals surface area (Å²) in [6.07, 6.45) is -5.96. The van der Waals surface area contributed by atoms with Gasteiger partial charge in [-0.3, -0.25) is 9.69 Å². The summed E-state index contributed by atoms with van der Waals surface area (Å²) in [5.74, 6) is -1.18. The molecule has 2 aliphatic rings. The molecule has 0 radical (unpaired) electrons. The predicted molar refractivity (Wildman–Crippen MR) is 168 cm³/mol. The van der Waals surface area contributed by atoms with Crippen molar-refractivity contribution in [1.82, 2.24) is 29.5 Å². The lowest BCUT2D eigenvalue weighted by Gasteiger charge is -2.39. The van der Waals surface area contributed by atoms with Crippen molar-refractivity contribution < 1.29 is 49.0 Å². The number of aromatic nitrogens is 3. The number of benzene rings is 2. The van der Waals surface area contributed by atoms with Gasteiger partial charge in [0.05, 0.1) is 22.3 Å². The van der Waals surface area contributed by atoms with E-state index in [2.05, 4.69) is 34.6 Å². The molecule has 2 aromatic carbocycles.